The summed E-state index contributed by atoms with van der Waals surface area (Å²) in [4.78, 5) is 22.1. The van der Waals surface area contributed by atoms with Gasteiger partial charge < -0.3 is 26.5 Å². The molecular weight excluding hydrogens is 404 g/mol. The van der Waals surface area contributed by atoms with E-state index in [2.05, 4.69) is 20.6 Å². The lowest BCUT2D eigenvalue weighted by Crippen LogP contribution is -2.29. The summed E-state index contributed by atoms with van der Waals surface area (Å²) in [7, 11) is 0. The number of rotatable bonds is 7. The minimum atomic E-state index is -0.273. The number of carbonyl (C=O) groups excluding carboxylic acids is 1. The Hall–Kier alpha value is -3.52. The molecular formula is C24H28N6O2. The molecule has 4 rings (SSSR count). The van der Waals surface area contributed by atoms with Gasteiger partial charge in [0.15, 0.2) is 0 Å². The second kappa shape index (κ2) is 9.74. The van der Waals surface area contributed by atoms with E-state index in [1.165, 1.54) is 0 Å². The second-order valence-electron chi connectivity index (χ2n) is 7.90. The Morgan fingerprint density at radius 1 is 1.22 bits per heavy atom. The van der Waals surface area contributed by atoms with E-state index in [0.29, 0.717) is 29.3 Å². The van der Waals surface area contributed by atoms with Crippen LogP contribution < -0.4 is 16.4 Å². The van der Waals surface area contributed by atoms with Crippen molar-refractivity contribution in [3.63, 3.8) is 0 Å². The fraction of sp³-hybridized carbons (Fsp3) is 0.333. The average molecular weight is 433 g/mol. The van der Waals surface area contributed by atoms with Crippen LogP contribution in [0.15, 0.2) is 42.7 Å². The molecule has 1 amide bonds. The summed E-state index contributed by atoms with van der Waals surface area (Å²) in [6, 6.07) is 8.89. The van der Waals surface area contributed by atoms with Gasteiger partial charge in [0.2, 0.25) is 0 Å². The summed E-state index contributed by atoms with van der Waals surface area (Å²) >= 11 is 0. The Balaban J connectivity index is 1.61. The van der Waals surface area contributed by atoms with Crippen LogP contribution in [-0.4, -0.2) is 41.3 Å². The first-order chi connectivity index (χ1) is 15.6. The lowest BCUT2D eigenvalue weighted by Gasteiger charge is -2.24. The SMILES string of the molecule is CC[C@@H](NC(=O)c1ccc(N)c(C=N)c1)c1nccc2c(NC3CCOCC3)nccc12. The number of hydrogen-bond acceptors (Lipinski definition) is 7. The molecule has 0 radical (unpaired) electrons. The molecule has 3 aromatic rings. The van der Waals surface area contributed by atoms with E-state index in [-0.39, 0.29) is 11.9 Å². The van der Waals surface area contributed by atoms with Gasteiger partial charge in [-0.05, 0) is 49.6 Å². The third kappa shape index (κ3) is 4.55. The zero-order valence-electron chi connectivity index (χ0n) is 18.1. The first kappa shape index (κ1) is 21.7. The number of amides is 1. The number of nitrogen functional groups attached to an aromatic ring is 1. The van der Waals surface area contributed by atoms with Crippen molar-refractivity contribution in [2.75, 3.05) is 24.3 Å². The summed E-state index contributed by atoms with van der Waals surface area (Å²) in [5.41, 5.74) is 8.10. The molecule has 32 heavy (non-hydrogen) atoms. The van der Waals surface area contributed by atoms with Gasteiger partial charge in [-0.2, -0.15) is 0 Å². The van der Waals surface area contributed by atoms with Crippen molar-refractivity contribution in [1.82, 2.24) is 15.3 Å². The highest BCUT2D eigenvalue weighted by Crippen LogP contribution is 2.29. The van der Waals surface area contributed by atoms with Gasteiger partial charge in [0, 0.05) is 65.5 Å². The van der Waals surface area contributed by atoms with Crippen LogP contribution in [0, 0.1) is 5.41 Å². The Bertz CT molecular complexity index is 1130. The van der Waals surface area contributed by atoms with Gasteiger partial charge in [-0.1, -0.05) is 6.92 Å². The summed E-state index contributed by atoms with van der Waals surface area (Å²) in [5, 5.41) is 16.1. The molecule has 0 bridgehead atoms. The highest BCUT2D eigenvalue weighted by Gasteiger charge is 2.20. The van der Waals surface area contributed by atoms with Crippen molar-refractivity contribution in [2.45, 2.75) is 38.3 Å². The number of benzene rings is 1. The van der Waals surface area contributed by atoms with Gasteiger partial charge in [-0.25, -0.2) is 4.98 Å². The molecule has 3 heterocycles. The monoisotopic (exact) mass is 432 g/mol. The summed E-state index contributed by atoms with van der Waals surface area (Å²) in [5.74, 6) is 0.599. The number of nitrogens with two attached hydrogens (primary N) is 1. The standard InChI is InChI=1S/C24H28N6O2/c1-2-21(30-24(31)15-3-4-20(26)16(13-15)14-25)22-18-5-10-28-23(19(18)6-9-27-22)29-17-7-11-32-12-8-17/h3-6,9-10,13-14,17,21,25H,2,7-8,11-12,26H2,1H3,(H,28,29)(H,30,31)/t21-/m1/s1. The summed E-state index contributed by atoms with van der Waals surface area (Å²) < 4.78 is 5.45. The highest BCUT2D eigenvalue weighted by atomic mass is 16.5. The number of hydrogen-bond donors (Lipinski definition) is 4. The first-order valence-corrected chi connectivity index (χ1v) is 10.9. The molecule has 0 unspecified atom stereocenters. The Kier molecular flexibility index (Phi) is 6.61. The number of anilines is 2. The maximum absolute atomic E-state index is 12.9. The molecule has 0 spiro atoms. The number of carbonyl (C=O) groups is 1. The Morgan fingerprint density at radius 3 is 2.72 bits per heavy atom. The molecule has 8 nitrogen and oxygen atoms in total. The van der Waals surface area contributed by atoms with Crippen LogP contribution in [0.25, 0.3) is 10.8 Å². The third-order valence-electron chi connectivity index (χ3n) is 5.83. The zero-order chi connectivity index (χ0) is 22.5. The van der Waals surface area contributed by atoms with Crippen molar-refractivity contribution in [2.24, 2.45) is 0 Å². The van der Waals surface area contributed by atoms with Gasteiger partial charge in [0.05, 0.1) is 11.7 Å². The number of nitrogens with one attached hydrogen (secondary N) is 3. The molecule has 1 saturated heterocycles. The zero-order valence-corrected chi connectivity index (χ0v) is 18.1. The van der Waals surface area contributed by atoms with E-state index in [9.17, 15) is 4.79 Å². The van der Waals surface area contributed by atoms with Gasteiger partial charge in [0.25, 0.3) is 5.91 Å². The van der Waals surface area contributed by atoms with Crippen LogP contribution in [0.1, 0.15) is 53.8 Å². The van der Waals surface area contributed by atoms with Crippen LogP contribution in [0.5, 0.6) is 0 Å². The molecule has 1 aromatic carbocycles. The molecule has 166 valence electrons. The fourth-order valence-electron chi connectivity index (χ4n) is 4.00. The van der Waals surface area contributed by atoms with Crippen molar-refractivity contribution < 1.29 is 9.53 Å². The largest absolute Gasteiger partial charge is 0.398 e. The quantitative estimate of drug-likeness (QED) is 0.333. The molecule has 1 aliphatic rings. The van der Waals surface area contributed by atoms with Gasteiger partial charge >= 0.3 is 0 Å². The molecule has 1 aliphatic heterocycles. The summed E-state index contributed by atoms with van der Waals surface area (Å²) in [6.07, 6.45) is 7.26. The number of ether oxygens (including phenoxy) is 1. The van der Waals surface area contributed by atoms with Crippen molar-refractivity contribution >= 4 is 34.4 Å². The van der Waals surface area contributed by atoms with E-state index in [1.54, 1.807) is 30.6 Å². The van der Waals surface area contributed by atoms with E-state index in [0.717, 1.165) is 54.6 Å². The highest BCUT2D eigenvalue weighted by molar-refractivity contribution is 5.98. The van der Waals surface area contributed by atoms with Gasteiger partial charge in [-0.15, -0.1) is 0 Å². The first-order valence-electron chi connectivity index (χ1n) is 10.9. The third-order valence-corrected chi connectivity index (χ3v) is 5.83. The van der Waals surface area contributed by atoms with Crippen molar-refractivity contribution in [3.05, 3.63) is 59.5 Å². The number of pyridine rings is 2. The Morgan fingerprint density at radius 2 is 1.97 bits per heavy atom. The van der Waals surface area contributed by atoms with Gasteiger partial charge in [-0.3, -0.25) is 9.78 Å². The predicted molar refractivity (Wildman–Crippen MR) is 126 cm³/mol. The minimum Gasteiger partial charge on any atom is -0.398 e. The molecule has 8 heteroatoms. The average Bonchev–Trinajstić information content (AvgIpc) is 2.83. The normalized spacial score (nSPS) is 15.3. The van der Waals surface area contributed by atoms with Crippen LogP contribution in [0.2, 0.25) is 0 Å². The number of fused-ring (bicyclic) bond motifs is 1. The van der Waals surface area contributed by atoms with Gasteiger partial charge in [0.1, 0.15) is 5.82 Å². The lowest BCUT2D eigenvalue weighted by molar-refractivity contribution is 0.0904. The fourth-order valence-corrected chi connectivity index (χ4v) is 4.00. The van der Waals surface area contributed by atoms with Crippen LogP contribution in [-0.2, 0) is 4.74 Å². The van der Waals surface area contributed by atoms with E-state index >= 15 is 0 Å². The summed E-state index contributed by atoms with van der Waals surface area (Å²) in [6.45, 7) is 3.52. The molecule has 1 fully saturated rings. The minimum absolute atomic E-state index is 0.228. The lowest BCUT2D eigenvalue weighted by atomic mass is 10.0. The molecule has 1 atom stereocenters. The van der Waals surface area contributed by atoms with Crippen molar-refractivity contribution in [1.29, 1.82) is 5.41 Å². The van der Waals surface area contributed by atoms with E-state index in [4.69, 9.17) is 15.9 Å². The Labute approximate surface area is 187 Å². The van der Waals surface area contributed by atoms with E-state index in [1.807, 2.05) is 19.1 Å². The molecule has 0 saturated carbocycles. The van der Waals surface area contributed by atoms with Crippen molar-refractivity contribution in [3.8, 4) is 0 Å². The smallest absolute Gasteiger partial charge is 0.251 e. The maximum Gasteiger partial charge on any atom is 0.251 e. The number of aromatic nitrogens is 2. The maximum atomic E-state index is 12.9. The van der Waals surface area contributed by atoms with Crippen LogP contribution >= 0.6 is 0 Å². The second-order valence-corrected chi connectivity index (χ2v) is 7.90. The molecule has 5 N–H and O–H groups in total. The van der Waals surface area contributed by atoms with Crippen LogP contribution in [0.4, 0.5) is 11.5 Å². The predicted octanol–water partition coefficient (Wildman–Crippen LogP) is 3.68. The number of nitrogens with zero attached hydrogens (tertiary/aromatic N) is 2. The topological polar surface area (TPSA) is 126 Å². The molecule has 2 aromatic heterocycles. The van der Waals surface area contributed by atoms with E-state index < -0.39 is 0 Å². The molecule has 0 aliphatic carbocycles. The van der Waals surface area contributed by atoms with Crippen LogP contribution in [0.3, 0.4) is 0 Å².